The van der Waals surface area contributed by atoms with Crippen molar-refractivity contribution in [3.8, 4) is 0 Å². The number of halogens is 1. The van der Waals surface area contributed by atoms with E-state index in [-0.39, 0.29) is 34.8 Å². The first-order valence-corrected chi connectivity index (χ1v) is 28.2. The lowest BCUT2D eigenvalue weighted by molar-refractivity contribution is -0.438. The number of fused-ring (bicyclic) bond motifs is 2. The van der Waals surface area contributed by atoms with E-state index in [9.17, 15) is 0 Å². The van der Waals surface area contributed by atoms with E-state index < -0.39 is 0 Å². The van der Waals surface area contributed by atoms with Crippen LogP contribution in [0.5, 0.6) is 0 Å². The molecular formula is C63H102IN2+. The molecule has 370 valence electrons. The molecule has 2 aliphatic rings. The van der Waals surface area contributed by atoms with E-state index in [0.29, 0.717) is 0 Å². The van der Waals surface area contributed by atoms with Crippen LogP contribution < -0.4 is 4.90 Å². The minimum Gasteiger partial charge on any atom is -0.344 e. The first-order valence-electron chi connectivity index (χ1n) is 28.2. The monoisotopic (exact) mass is 1010 g/mol. The summed E-state index contributed by atoms with van der Waals surface area (Å²) in [6.45, 7) is 16.4. The molecule has 2 heterocycles. The average Bonchev–Trinajstić information content (AvgIpc) is 3.66. The van der Waals surface area contributed by atoms with E-state index in [0.717, 1.165) is 13.1 Å². The van der Waals surface area contributed by atoms with Gasteiger partial charge in [0.25, 0.3) is 0 Å². The minimum absolute atomic E-state index is 0. The fourth-order valence-electron chi connectivity index (χ4n) is 10.9. The molecule has 0 radical (unpaired) electrons. The topological polar surface area (TPSA) is 6.25 Å². The third-order valence-corrected chi connectivity index (χ3v) is 15.0. The van der Waals surface area contributed by atoms with Gasteiger partial charge in [-0.3, -0.25) is 0 Å². The molecule has 0 bridgehead atoms. The Hall–Kier alpha value is -2.40. The molecule has 2 aromatic carbocycles. The van der Waals surface area contributed by atoms with Crippen LogP contribution in [-0.2, 0) is 10.8 Å². The van der Waals surface area contributed by atoms with Gasteiger partial charge >= 0.3 is 0 Å². The second kappa shape index (κ2) is 34.8. The number of unbranched alkanes of at least 4 members (excludes halogenated alkanes) is 30. The number of hydrogen-bond acceptors (Lipinski definition) is 1. The predicted octanol–water partition coefficient (Wildman–Crippen LogP) is 20.6. The van der Waals surface area contributed by atoms with Crippen LogP contribution in [0.15, 0.2) is 96.8 Å². The highest BCUT2D eigenvalue weighted by atomic mass is 127. The summed E-state index contributed by atoms with van der Waals surface area (Å²) < 4.78 is 2.62. The average molecular weight is 1010 g/mol. The molecule has 3 heteroatoms. The van der Waals surface area contributed by atoms with Gasteiger partial charge in [0.05, 0.1) is 5.41 Å². The fraction of sp³-hybridized carbons (Fsp3) is 0.667. The summed E-state index contributed by atoms with van der Waals surface area (Å²) in [5.41, 5.74) is 8.55. The van der Waals surface area contributed by atoms with Crippen LogP contribution in [0, 0.1) is 0 Å². The number of hydrogen-bond donors (Lipinski definition) is 0. The smallest absolute Gasteiger partial charge is 0.209 e. The van der Waals surface area contributed by atoms with Crippen LogP contribution in [0.3, 0.4) is 0 Å². The largest absolute Gasteiger partial charge is 0.344 e. The molecular weight excluding hydrogens is 912 g/mol. The van der Waals surface area contributed by atoms with Crippen LogP contribution in [0.4, 0.5) is 11.4 Å². The first kappa shape index (κ1) is 57.9. The van der Waals surface area contributed by atoms with Crippen LogP contribution >= 0.6 is 24.0 Å². The van der Waals surface area contributed by atoms with Gasteiger partial charge in [0.15, 0.2) is 5.71 Å². The third kappa shape index (κ3) is 20.3. The Balaban J connectivity index is 0.0000116. The maximum atomic E-state index is 2.62. The lowest BCUT2D eigenvalue weighted by Gasteiger charge is -2.27. The Morgan fingerprint density at radius 3 is 1.32 bits per heavy atom. The van der Waals surface area contributed by atoms with E-state index >= 15 is 0 Å². The molecule has 0 unspecified atom stereocenters. The van der Waals surface area contributed by atoms with Crippen molar-refractivity contribution in [1.82, 2.24) is 0 Å². The molecule has 0 amide bonds. The van der Waals surface area contributed by atoms with Crippen molar-refractivity contribution in [3.05, 3.63) is 108 Å². The zero-order chi connectivity index (χ0) is 46.3. The second-order valence-corrected chi connectivity index (χ2v) is 21.3. The molecule has 0 aromatic heterocycles. The van der Waals surface area contributed by atoms with Gasteiger partial charge in [-0.1, -0.05) is 281 Å². The molecule has 66 heavy (non-hydrogen) atoms. The van der Waals surface area contributed by atoms with Gasteiger partial charge in [-0.05, 0) is 44.4 Å². The molecule has 2 nitrogen and oxygen atoms in total. The van der Waals surface area contributed by atoms with Crippen molar-refractivity contribution in [1.29, 1.82) is 0 Å². The molecule has 0 aliphatic carbocycles. The number of anilines is 1. The highest BCUT2D eigenvalue weighted by molar-refractivity contribution is 14.0. The van der Waals surface area contributed by atoms with Crippen molar-refractivity contribution in [3.63, 3.8) is 0 Å². The normalized spacial score (nSPS) is 15.8. The number of para-hydroxylation sites is 2. The van der Waals surface area contributed by atoms with Gasteiger partial charge in [0, 0.05) is 47.5 Å². The summed E-state index contributed by atoms with van der Waals surface area (Å²) in [6, 6.07) is 18.2. The number of allylic oxidation sites excluding steroid dienone is 8. The zero-order valence-electron chi connectivity index (χ0n) is 44.0. The molecule has 2 aromatic rings. The van der Waals surface area contributed by atoms with Crippen molar-refractivity contribution in [2.24, 2.45) is 0 Å². The summed E-state index contributed by atoms with van der Waals surface area (Å²) in [5, 5.41) is 0. The summed E-state index contributed by atoms with van der Waals surface area (Å²) in [6.07, 6.45) is 61.1. The van der Waals surface area contributed by atoms with E-state index in [4.69, 9.17) is 0 Å². The number of rotatable bonds is 38. The molecule has 4 rings (SSSR count). The second-order valence-electron chi connectivity index (χ2n) is 21.3. The van der Waals surface area contributed by atoms with Crippen LogP contribution in [0.1, 0.15) is 258 Å². The Bertz CT molecular complexity index is 1720. The van der Waals surface area contributed by atoms with E-state index in [1.165, 1.54) is 239 Å². The van der Waals surface area contributed by atoms with Crippen molar-refractivity contribution in [2.75, 3.05) is 18.0 Å². The lowest BCUT2D eigenvalue weighted by Crippen LogP contribution is -2.27. The fourth-order valence-corrected chi connectivity index (χ4v) is 10.9. The minimum atomic E-state index is -0.00478. The molecule has 2 aliphatic heterocycles. The van der Waals surface area contributed by atoms with Crippen molar-refractivity contribution < 1.29 is 4.58 Å². The Morgan fingerprint density at radius 1 is 0.424 bits per heavy atom. The lowest BCUT2D eigenvalue weighted by atomic mass is 9.81. The highest BCUT2D eigenvalue weighted by Gasteiger charge is 2.44. The molecule has 0 spiro atoms. The Morgan fingerprint density at radius 2 is 0.818 bits per heavy atom. The number of nitrogens with zero attached hydrogens (tertiary/aromatic N) is 2. The standard InChI is InChI=1S/C63H101N2.HI/c1-7-9-11-13-15-17-19-21-23-25-27-29-31-33-38-46-54-64-58-50-44-42-48-56(58)62(3,4)60(64)52-40-36-35-37-41-53-61-63(5,6)57-49-43-45-51-59(57)65(61)55-47-39-34-32-30-28-26-24-22-20-18-16-14-12-10-8-2;/h35-37,40-45,48-53H,7-34,38-39,46-47,54-55H2,1-6H3;1H/q+1;. The van der Waals surface area contributed by atoms with Crippen LogP contribution in [0.25, 0.3) is 0 Å². The first-order chi connectivity index (χ1) is 31.8. The van der Waals surface area contributed by atoms with E-state index in [2.05, 4.69) is 142 Å². The quantitative estimate of drug-likeness (QED) is 0.0281. The van der Waals surface area contributed by atoms with E-state index in [1.54, 1.807) is 0 Å². The SMILES string of the molecule is CCCCCCCCCCCCCCCCCCN1\C(=C/C=C/C=C/C=C/C2=[N+](CCCCCCCCCCCCCCCCCC)c3ccccc3C2(C)C)C(C)(C)c2ccccc21.I. The Kier molecular flexibility index (Phi) is 30.6. The maximum Gasteiger partial charge on any atom is 0.209 e. The van der Waals surface area contributed by atoms with Crippen molar-refractivity contribution >= 4 is 41.1 Å². The highest BCUT2D eigenvalue weighted by Crippen LogP contribution is 2.47. The molecule has 0 N–H and O–H groups in total. The molecule has 0 fully saturated rings. The molecule has 0 saturated carbocycles. The summed E-state index contributed by atoms with van der Waals surface area (Å²) >= 11 is 0. The number of benzene rings is 2. The summed E-state index contributed by atoms with van der Waals surface area (Å²) in [4.78, 5) is 2.62. The van der Waals surface area contributed by atoms with Gasteiger partial charge in [0.1, 0.15) is 6.54 Å². The van der Waals surface area contributed by atoms with Gasteiger partial charge < -0.3 is 4.90 Å². The maximum absolute atomic E-state index is 2.62. The van der Waals surface area contributed by atoms with E-state index in [1.807, 2.05) is 0 Å². The summed E-state index contributed by atoms with van der Waals surface area (Å²) in [7, 11) is 0. The van der Waals surface area contributed by atoms with Gasteiger partial charge in [-0.25, -0.2) is 0 Å². The predicted molar refractivity (Wildman–Crippen MR) is 306 cm³/mol. The van der Waals surface area contributed by atoms with Gasteiger partial charge in [-0.15, -0.1) is 24.0 Å². The molecule has 0 atom stereocenters. The van der Waals surface area contributed by atoms with Crippen LogP contribution in [0.2, 0.25) is 0 Å². The van der Waals surface area contributed by atoms with Crippen LogP contribution in [-0.4, -0.2) is 23.4 Å². The summed E-state index contributed by atoms with van der Waals surface area (Å²) in [5.74, 6) is 0. The van der Waals surface area contributed by atoms with Crippen molar-refractivity contribution in [2.45, 2.75) is 258 Å². The molecule has 0 saturated heterocycles. The Labute approximate surface area is 426 Å². The van der Waals surface area contributed by atoms with Gasteiger partial charge in [0.2, 0.25) is 5.69 Å². The van der Waals surface area contributed by atoms with Gasteiger partial charge in [-0.2, -0.15) is 4.58 Å². The third-order valence-electron chi connectivity index (χ3n) is 15.0. The zero-order valence-corrected chi connectivity index (χ0v) is 46.3.